The third-order valence-corrected chi connectivity index (χ3v) is 2.78. The molecular formula is C14H13N3O2. The smallest absolute Gasteiger partial charge is 0.272 e. The summed E-state index contributed by atoms with van der Waals surface area (Å²) in [4.78, 5) is 27.7. The van der Waals surface area contributed by atoms with Gasteiger partial charge in [0.05, 0.1) is 0 Å². The van der Waals surface area contributed by atoms with Crippen molar-refractivity contribution < 1.29 is 9.59 Å². The van der Waals surface area contributed by atoms with Crippen molar-refractivity contribution in [2.45, 2.75) is 6.92 Å². The third-order valence-electron chi connectivity index (χ3n) is 2.78. The number of hydrogen-bond acceptors (Lipinski definition) is 4. The first-order valence-electron chi connectivity index (χ1n) is 5.70. The molecule has 96 valence electrons. The minimum absolute atomic E-state index is 0.169. The number of hydrazine groups is 1. The second-order valence-electron chi connectivity index (χ2n) is 3.99. The topological polar surface area (TPSA) is 76.3 Å². The normalized spacial score (nSPS) is 16.4. The van der Waals surface area contributed by atoms with E-state index in [1.807, 2.05) is 0 Å². The highest BCUT2D eigenvalue weighted by atomic mass is 16.2. The van der Waals surface area contributed by atoms with Gasteiger partial charge in [0.15, 0.2) is 5.78 Å². The number of nitrogens with zero attached hydrogens (tertiary/aromatic N) is 2. The van der Waals surface area contributed by atoms with Gasteiger partial charge in [0, 0.05) is 29.2 Å². The van der Waals surface area contributed by atoms with E-state index < -0.39 is 0 Å². The van der Waals surface area contributed by atoms with Crippen LogP contribution >= 0.6 is 0 Å². The minimum atomic E-state index is -0.386. The predicted molar refractivity (Wildman–Crippen MR) is 70.6 cm³/mol. The van der Waals surface area contributed by atoms with Crippen LogP contribution in [0, 0.1) is 0 Å². The van der Waals surface area contributed by atoms with Gasteiger partial charge < -0.3 is 0 Å². The molecule has 0 atom stereocenters. The van der Waals surface area contributed by atoms with Crippen LogP contribution in [0.4, 0.5) is 0 Å². The van der Waals surface area contributed by atoms with Crippen LogP contribution in [0.3, 0.4) is 0 Å². The number of amides is 1. The largest absolute Gasteiger partial charge is 0.289 e. The highest BCUT2D eigenvalue weighted by Crippen LogP contribution is 2.15. The molecule has 2 rings (SSSR count). The fourth-order valence-electron chi connectivity index (χ4n) is 1.68. The quantitative estimate of drug-likeness (QED) is 0.375. The van der Waals surface area contributed by atoms with Crippen molar-refractivity contribution in [2.75, 3.05) is 0 Å². The monoisotopic (exact) mass is 255 g/mol. The van der Waals surface area contributed by atoms with Gasteiger partial charge in [-0.1, -0.05) is 12.2 Å². The molecule has 1 aliphatic carbocycles. The lowest BCUT2D eigenvalue weighted by Crippen LogP contribution is -2.37. The third kappa shape index (κ3) is 2.66. The molecule has 1 amide bonds. The Morgan fingerprint density at radius 2 is 1.84 bits per heavy atom. The van der Waals surface area contributed by atoms with E-state index in [2.05, 4.69) is 4.98 Å². The van der Waals surface area contributed by atoms with E-state index in [4.69, 9.17) is 5.84 Å². The lowest BCUT2D eigenvalue weighted by molar-refractivity contribution is -0.111. The SMILES string of the molecule is CC(=C1C=CC=CC1=O)N(N)C(=O)c1ccncc1. The minimum Gasteiger partial charge on any atom is -0.289 e. The van der Waals surface area contributed by atoms with Gasteiger partial charge in [-0.2, -0.15) is 0 Å². The molecule has 2 N–H and O–H groups in total. The molecule has 1 aromatic rings. The van der Waals surface area contributed by atoms with Crippen molar-refractivity contribution in [3.63, 3.8) is 0 Å². The van der Waals surface area contributed by atoms with Crippen LogP contribution in [-0.2, 0) is 4.79 Å². The molecule has 0 aromatic carbocycles. The molecule has 5 heteroatoms. The molecule has 5 nitrogen and oxygen atoms in total. The van der Waals surface area contributed by atoms with E-state index in [1.165, 1.54) is 18.5 Å². The predicted octanol–water partition coefficient (Wildman–Crippen LogP) is 1.37. The summed E-state index contributed by atoms with van der Waals surface area (Å²) in [6.07, 6.45) is 9.46. The number of allylic oxidation sites excluding steroid dienone is 6. The zero-order valence-electron chi connectivity index (χ0n) is 10.4. The number of hydrogen-bond donors (Lipinski definition) is 1. The summed E-state index contributed by atoms with van der Waals surface area (Å²) < 4.78 is 0. The van der Waals surface area contributed by atoms with Gasteiger partial charge in [-0.25, -0.2) is 10.9 Å². The number of rotatable bonds is 2. The van der Waals surface area contributed by atoms with Crippen LogP contribution in [-0.4, -0.2) is 21.7 Å². The second kappa shape index (κ2) is 5.41. The lowest BCUT2D eigenvalue weighted by atomic mass is 10.0. The van der Waals surface area contributed by atoms with Gasteiger partial charge in [0.25, 0.3) is 5.91 Å². The van der Waals surface area contributed by atoms with Gasteiger partial charge >= 0.3 is 0 Å². The Labute approximate surface area is 110 Å². The Kier molecular flexibility index (Phi) is 3.68. The average Bonchev–Trinajstić information content (AvgIpc) is 2.46. The number of ketones is 1. The Bertz CT molecular complexity index is 600. The van der Waals surface area contributed by atoms with E-state index in [9.17, 15) is 9.59 Å². The maximum absolute atomic E-state index is 12.1. The zero-order chi connectivity index (χ0) is 13.8. The molecule has 0 unspecified atom stereocenters. The fourth-order valence-corrected chi connectivity index (χ4v) is 1.68. The van der Waals surface area contributed by atoms with Crippen molar-refractivity contribution in [2.24, 2.45) is 5.84 Å². The molecule has 1 aliphatic rings. The molecule has 0 spiro atoms. The lowest BCUT2D eigenvalue weighted by Gasteiger charge is -2.19. The highest BCUT2D eigenvalue weighted by molar-refractivity contribution is 6.08. The molecule has 0 saturated heterocycles. The summed E-state index contributed by atoms with van der Waals surface area (Å²) >= 11 is 0. The van der Waals surface area contributed by atoms with Gasteiger partial charge in [0.1, 0.15) is 0 Å². The standard InChI is InChI=1S/C14H13N3O2/c1-10(12-4-2-3-5-13(12)18)17(15)14(19)11-6-8-16-9-7-11/h2-9H,15H2,1H3. The Balaban J connectivity index is 2.30. The second-order valence-corrected chi connectivity index (χ2v) is 3.99. The van der Waals surface area contributed by atoms with E-state index in [1.54, 1.807) is 37.3 Å². The van der Waals surface area contributed by atoms with Crippen LogP contribution < -0.4 is 5.84 Å². The number of nitrogens with two attached hydrogens (primary N) is 1. The first-order chi connectivity index (χ1) is 9.11. The Morgan fingerprint density at radius 3 is 2.47 bits per heavy atom. The summed E-state index contributed by atoms with van der Waals surface area (Å²) in [5.41, 5.74) is 1.24. The molecule has 0 aliphatic heterocycles. The summed E-state index contributed by atoms with van der Waals surface area (Å²) in [5.74, 6) is 5.23. The van der Waals surface area contributed by atoms with Crippen LogP contribution in [0.15, 0.2) is 60.1 Å². The van der Waals surface area contributed by atoms with E-state index in [0.717, 1.165) is 5.01 Å². The number of pyridine rings is 1. The van der Waals surface area contributed by atoms with Gasteiger partial charge in [-0.15, -0.1) is 0 Å². The maximum Gasteiger partial charge on any atom is 0.272 e. The van der Waals surface area contributed by atoms with E-state index in [-0.39, 0.29) is 11.7 Å². The molecule has 0 saturated carbocycles. The van der Waals surface area contributed by atoms with Crippen LogP contribution in [0.25, 0.3) is 0 Å². The maximum atomic E-state index is 12.1. The van der Waals surface area contributed by atoms with Crippen molar-refractivity contribution in [1.82, 2.24) is 9.99 Å². The molecule has 19 heavy (non-hydrogen) atoms. The summed E-state index contributed by atoms with van der Waals surface area (Å²) in [5, 5.41) is 0.978. The molecule has 1 aromatic heterocycles. The van der Waals surface area contributed by atoms with Gasteiger partial charge in [-0.05, 0) is 31.2 Å². The average molecular weight is 255 g/mol. The van der Waals surface area contributed by atoms with Crippen LogP contribution in [0.1, 0.15) is 17.3 Å². The molecular weight excluding hydrogens is 242 g/mol. The van der Waals surface area contributed by atoms with Crippen molar-refractivity contribution in [3.8, 4) is 0 Å². The first kappa shape index (κ1) is 12.9. The van der Waals surface area contributed by atoms with Crippen LogP contribution in [0.5, 0.6) is 0 Å². The number of carbonyl (C=O) groups excluding carboxylic acids is 2. The number of aromatic nitrogens is 1. The van der Waals surface area contributed by atoms with E-state index in [0.29, 0.717) is 16.8 Å². The molecule has 1 heterocycles. The highest BCUT2D eigenvalue weighted by Gasteiger charge is 2.18. The number of carbonyl (C=O) groups is 2. The van der Waals surface area contributed by atoms with Crippen LogP contribution in [0.2, 0.25) is 0 Å². The summed E-state index contributed by atoms with van der Waals surface area (Å²) in [7, 11) is 0. The van der Waals surface area contributed by atoms with Gasteiger partial charge in [-0.3, -0.25) is 14.6 Å². The molecule has 0 bridgehead atoms. The van der Waals surface area contributed by atoms with Gasteiger partial charge in [0.2, 0.25) is 0 Å². The molecule has 0 radical (unpaired) electrons. The molecule has 0 fully saturated rings. The Hall–Kier alpha value is -2.53. The van der Waals surface area contributed by atoms with E-state index >= 15 is 0 Å². The van der Waals surface area contributed by atoms with Crippen molar-refractivity contribution >= 4 is 11.7 Å². The van der Waals surface area contributed by atoms with Crippen molar-refractivity contribution in [1.29, 1.82) is 0 Å². The Morgan fingerprint density at radius 1 is 1.21 bits per heavy atom. The zero-order valence-corrected chi connectivity index (χ0v) is 10.4. The first-order valence-corrected chi connectivity index (χ1v) is 5.70. The van der Waals surface area contributed by atoms with Crippen molar-refractivity contribution in [3.05, 3.63) is 65.7 Å². The fraction of sp³-hybridized carbons (Fsp3) is 0.0714. The summed E-state index contributed by atoms with van der Waals surface area (Å²) in [6.45, 7) is 1.63. The summed E-state index contributed by atoms with van der Waals surface area (Å²) in [6, 6.07) is 3.14.